The lowest BCUT2D eigenvalue weighted by Crippen LogP contribution is -2.36. The Balaban J connectivity index is 1.61. The third kappa shape index (κ3) is 4.80. The number of pyridine rings is 1. The van der Waals surface area contributed by atoms with Crippen molar-refractivity contribution in [2.75, 3.05) is 4.90 Å². The Morgan fingerprint density at radius 3 is 2.59 bits per heavy atom. The first-order valence-corrected chi connectivity index (χ1v) is 10.1. The van der Waals surface area contributed by atoms with Crippen molar-refractivity contribution in [3.8, 4) is 11.4 Å². The van der Waals surface area contributed by atoms with Gasteiger partial charge in [0, 0.05) is 29.8 Å². The van der Waals surface area contributed by atoms with Crippen LogP contribution in [0.4, 0.5) is 23.2 Å². The van der Waals surface area contributed by atoms with Crippen molar-refractivity contribution in [3.63, 3.8) is 0 Å². The molecule has 8 nitrogen and oxygen atoms in total. The van der Waals surface area contributed by atoms with Crippen LogP contribution >= 0.6 is 0 Å². The van der Waals surface area contributed by atoms with E-state index < -0.39 is 23.9 Å². The lowest BCUT2D eigenvalue weighted by Gasteiger charge is -2.27. The molecule has 12 heteroatoms. The van der Waals surface area contributed by atoms with Gasteiger partial charge in [0.05, 0.1) is 12.2 Å². The maximum absolute atomic E-state index is 13.9. The van der Waals surface area contributed by atoms with Crippen molar-refractivity contribution in [1.82, 2.24) is 24.7 Å². The molecule has 34 heavy (non-hydrogen) atoms. The quantitative estimate of drug-likeness (QED) is 0.380. The maximum atomic E-state index is 13.9. The third-order valence-corrected chi connectivity index (χ3v) is 5.09. The molecule has 0 saturated heterocycles. The first-order valence-electron chi connectivity index (χ1n) is 10.1. The third-order valence-electron chi connectivity index (χ3n) is 5.09. The summed E-state index contributed by atoms with van der Waals surface area (Å²) in [7, 11) is 0. The number of aromatic nitrogens is 5. The highest BCUT2D eigenvalue weighted by molar-refractivity contribution is 5.95. The zero-order chi connectivity index (χ0) is 24.5. The fourth-order valence-corrected chi connectivity index (χ4v) is 3.35. The van der Waals surface area contributed by atoms with Gasteiger partial charge in [0.15, 0.2) is 0 Å². The summed E-state index contributed by atoms with van der Waals surface area (Å²) in [5.41, 5.74) is 0.943. The zero-order valence-electron chi connectivity index (χ0n) is 18.0. The van der Waals surface area contributed by atoms with Gasteiger partial charge in [-0.25, -0.2) is 9.37 Å². The number of amides is 1. The number of aryl methyl sites for hydroxylation is 1. The number of benzene rings is 1. The molecule has 0 aliphatic carbocycles. The molecule has 0 aliphatic rings. The fraction of sp³-hybridized carbons (Fsp3) is 0.227. The van der Waals surface area contributed by atoms with E-state index in [1.165, 1.54) is 41.4 Å². The average Bonchev–Trinajstić information content (AvgIpc) is 3.46. The van der Waals surface area contributed by atoms with Crippen LogP contribution in [0.5, 0.6) is 0 Å². The Hall–Kier alpha value is -4.09. The number of hydrogen-bond acceptors (Lipinski definition) is 6. The summed E-state index contributed by atoms with van der Waals surface area (Å²) in [5.74, 6) is -1.93. The normalized spacial score (nSPS) is 12.5. The number of halogens is 4. The van der Waals surface area contributed by atoms with Crippen LogP contribution in [0.2, 0.25) is 0 Å². The molecule has 0 radical (unpaired) electrons. The molecule has 0 saturated carbocycles. The number of imidazole rings is 1. The zero-order valence-corrected chi connectivity index (χ0v) is 18.0. The number of anilines is 1. The van der Waals surface area contributed by atoms with Gasteiger partial charge in [0.2, 0.25) is 11.7 Å². The van der Waals surface area contributed by atoms with Crippen LogP contribution in [-0.4, -0.2) is 30.6 Å². The molecule has 4 rings (SSSR count). The van der Waals surface area contributed by atoms with Gasteiger partial charge in [-0.3, -0.25) is 9.78 Å². The molecule has 0 N–H and O–H groups in total. The molecule has 1 atom stereocenters. The first kappa shape index (κ1) is 23.1. The molecule has 1 unspecified atom stereocenters. The molecule has 0 bridgehead atoms. The predicted octanol–water partition coefficient (Wildman–Crippen LogP) is 4.59. The van der Waals surface area contributed by atoms with Crippen LogP contribution < -0.4 is 4.90 Å². The number of hydrogen-bond donors (Lipinski definition) is 0. The van der Waals surface area contributed by atoms with Gasteiger partial charge in [-0.05, 0) is 44.2 Å². The summed E-state index contributed by atoms with van der Waals surface area (Å²) >= 11 is 0. The van der Waals surface area contributed by atoms with E-state index in [2.05, 4.69) is 24.6 Å². The molecule has 3 heterocycles. The molecule has 176 valence electrons. The van der Waals surface area contributed by atoms with Gasteiger partial charge < -0.3 is 14.0 Å². The van der Waals surface area contributed by atoms with Crippen LogP contribution in [0.15, 0.2) is 59.5 Å². The van der Waals surface area contributed by atoms with E-state index in [0.29, 0.717) is 17.2 Å². The van der Waals surface area contributed by atoms with Crippen molar-refractivity contribution >= 4 is 11.6 Å². The van der Waals surface area contributed by atoms with Crippen LogP contribution in [0, 0.1) is 12.7 Å². The highest BCUT2D eigenvalue weighted by Gasteiger charge is 2.38. The predicted molar refractivity (Wildman–Crippen MR) is 112 cm³/mol. The summed E-state index contributed by atoms with van der Waals surface area (Å²) in [4.78, 5) is 26.5. The molecular weight excluding hydrogens is 456 g/mol. The average molecular weight is 474 g/mol. The lowest BCUT2D eigenvalue weighted by atomic mass is 10.2. The highest BCUT2D eigenvalue weighted by atomic mass is 19.4. The van der Waals surface area contributed by atoms with E-state index in [1.54, 1.807) is 36.9 Å². The van der Waals surface area contributed by atoms with Gasteiger partial charge in [0.1, 0.15) is 17.7 Å². The van der Waals surface area contributed by atoms with Gasteiger partial charge in [-0.1, -0.05) is 11.2 Å². The minimum absolute atomic E-state index is 0.0132. The van der Waals surface area contributed by atoms with Gasteiger partial charge in [-0.15, -0.1) is 0 Å². The molecule has 0 spiro atoms. The monoisotopic (exact) mass is 474 g/mol. The van der Waals surface area contributed by atoms with Crippen LogP contribution in [0.1, 0.15) is 30.4 Å². The van der Waals surface area contributed by atoms with Crippen LogP contribution in [0.25, 0.3) is 11.4 Å². The van der Waals surface area contributed by atoms with Gasteiger partial charge >= 0.3 is 12.1 Å². The first-order chi connectivity index (χ1) is 16.1. The second kappa shape index (κ2) is 9.04. The molecule has 0 fully saturated rings. The molecule has 0 aliphatic heterocycles. The standard InChI is InChI=1S/C22H18F4N6O2/c1-13(31-9-8-27-14(31)2)20(33)32(18-5-3-4-16(23)10-18)12-17-7-6-15(11-28-17)19-29-21(34-30-19)22(24,25)26/h3-11,13H,12H2,1-2H3. The summed E-state index contributed by atoms with van der Waals surface area (Å²) in [6.07, 6.45) is -0.227. The van der Waals surface area contributed by atoms with E-state index >= 15 is 0 Å². The number of rotatable bonds is 6. The Bertz CT molecular complexity index is 1300. The van der Waals surface area contributed by atoms with E-state index in [9.17, 15) is 22.4 Å². The summed E-state index contributed by atoms with van der Waals surface area (Å²) < 4.78 is 58.0. The van der Waals surface area contributed by atoms with Gasteiger partial charge in [0.25, 0.3) is 0 Å². The van der Waals surface area contributed by atoms with Crippen molar-refractivity contribution < 1.29 is 26.9 Å². The Kier molecular flexibility index (Phi) is 6.14. The molecule has 1 amide bonds. The van der Waals surface area contributed by atoms with E-state index in [4.69, 9.17) is 0 Å². The summed E-state index contributed by atoms with van der Waals surface area (Å²) in [6, 6.07) is 7.94. The van der Waals surface area contributed by atoms with Crippen molar-refractivity contribution in [3.05, 3.63) is 78.2 Å². The maximum Gasteiger partial charge on any atom is 0.471 e. The molecule has 1 aromatic carbocycles. The van der Waals surface area contributed by atoms with Gasteiger partial charge in [-0.2, -0.15) is 18.2 Å². The molecular formula is C22H18F4N6O2. The number of carbonyl (C=O) groups is 1. The van der Waals surface area contributed by atoms with E-state index in [0.717, 1.165) is 0 Å². The number of carbonyl (C=O) groups excluding carboxylic acids is 1. The topological polar surface area (TPSA) is 89.9 Å². The largest absolute Gasteiger partial charge is 0.471 e. The smallest absolute Gasteiger partial charge is 0.329 e. The van der Waals surface area contributed by atoms with E-state index in [1.807, 2.05) is 0 Å². The minimum Gasteiger partial charge on any atom is -0.329 e. The number of nitrogens with zero attached hydrogens (tertiary/aromatic N) is 6. The summed E-state index contributed by atoms with van der Waals surface area (Å²) in [5, 5.41) is 3.33. The Morgan fingerprint density at radius 1 is 1.21 bits per heavy atom. The Morgan fingerprint density at radius 2 is 2.00 bits per heavy atom. The second-order valence-corrected chi connectivity index (χ2v) is 7.42. The second-order valence-electron chi connectivity index (χ2n) is 7.42. The fourth-order valence-electron chi connectivity index (χ4n) is 3.35. The summed E-state index contributed by atoms with van der Waals surface area (Å²) in [6.45, 7) is 3.45. The van der Waals surface area contributed by atoms with E-state index in [-0.39, 0.29) is 23.8 Å². The van der Waals surface area contributed by atoms with Crippen LogP contribution in [-0.2, 0) is 17.5 Å². The molecule has 4 aromatic rings. The number of alkyl halides is 3. The van der Waals surface area contributed by atoms with Crippen molar-refractivity contribution in [1.29, 1.82) is 0 Å². The lowest BCUT2D eigenvalue weighted by molar-refractivity contribution is -0.159. The SMILES string of the molecule is Cc1nccn1C(C)C(=O)N(Cc1ccc(-c2noc(C(F)(F)F)n2)cn1)c1cccc(F)c1. The highest BCUT2D eigenvalue weighted by Crippen LogP contribution is 2.29. The van der Waals surface area contributed by atoms with Crippen molar-refractivity contribution in [2.24, 2.45) is 0 Å². The molecule has 3 aromatic heterocycles. The van der Waals surface area contributed by atoms with Crippen molar-refractivity contribution in [2.45, 2.75) is 32.6 Å². The minimum atomic E-state index is -4.76. The van der Waals surface area contributed by atoms with Crippen LogP contribution in [0.3, 0.4) is 0 Å². The Labute approximate surface area is 190 Å².